The van der Waals surface area contributed by atoms with Crippen LogP contribution in [0.25, 0.3) is 22.2 Å². The number of halogens is 1. The highest BCUT2D eigenvalue weighted by Crippen LogP contribution is 2.31. The molecule has 0 unspecified atom stereocenters. The molecule has 6 aromatic rings. The van der Waals surface area contributed by atoms with Crippen LogP contribution in [-0.2, 0) is 29.4 Å². The fourth-order valence-corrected chi connectivity index (χ4v) is 7.11. The number of nitrogens with one attached hydrogen (secondary N) is 2. The third-order valence-corrected chi connectivity index (χ3v) is 10.0. The van der Waals surface area contributed by atoms with Gasteiger partial charge in [0, 0.05) is 36.2 Å². The second-order valence-electron chi connectivity index (χ2n) is 12.2. The van der Waals surface area contributed by atoms with E-state index in [1.807, 2.05) is 43.3 Å². The maximum Gasteiger partial charge on any atom is 0.264 e. The number of amides is 1. The third-order valence-electron chi connectivity index (χ3n) is 8.64. The smallest absolute Gasteiger partial charge is 0.264 e. The molecule has 252 valence electrons. The number of sulfonamides is 1. The summed E-state index contributed by atoms with van der Waals surface area (Å²) in [6.07, 6.45) is 2.27. The van der Waals surface area contributed by atoms with Gasteiger partial charge in [-0.15, -0.1) is 0 Å². The molecule has 0 saturated carbocycles. The van der Waals surface area contributed by atoms with Crippen molar-refractivity contribution in [2.75, 3.05) is 11.3 Å². The van der Waals surface area contributed by atoms with Crippen molar-refractivity contribution in [3.05, 3.63) is 130 Å². The number of aromatic nitrogens is 3. The quantitative estimate of drug-likeness (QED) is 0.138. The SMILES string of the molecule is CCCc1nc2c(C)cc(C(=O)NCCc3ccc(F)cc3)cc2n1Cc1ccc(-c2ccccc2S(=O)(=O)Nc2onc(C)c2C)cc1. The summed E-state index contributed by atoms with van der Waals surface area (Å²) in [5.74, 6) is 0.557. The van der Waals surface area contributed by atoms with E-state index < -0.39 is 10.0 Å². The fourth-order valence-electron chi connectivity index (χ4n) is 5.84. The molecular formula is C38H38FN5O4S. The van der Waals surface area contributed by atoms with Crippen LogP contribution in [0.15, 0.2) is 94.3 Å². The molecule has 4 aromatic carbocycles. The molecule has 0 radical (unpaired) electrons. The summed E-state index contributed by atoms with van der Waals surface area (Å²) < 4.78 is 50.0. The van der Waals surface area contributed by atoms with E-state index in [9.17, 15) is 17.6 Å². The van der Waals surface area contributed by atoms with Gasteiger partial charge in [-0.05, 0) is 86.2 Å². The zero-order valence-electron chi connectivity index (χ0n) is 27.9. The number of hydrogen-bond donors (Lipinski definition) is 2. The molecule has 0 aliphatic carbocycles. The maximum atomic E-state index is 13.4. The lowest BCUT2D eigenvalue weighted by atomic mass is 10.0. The Bertz CT molecular complexity index is 2240. The van der Waals surface area contributed by atoms with Crippen LogP contribution in [0.5, 0.6) is 0 Å². The van der Waals surface area contributed by atoms with Crippen molar-refractivity contribution in [1.82, 2.24) is 20.0 Å². The molecule has 0 saturated heterocycles. The predicted octanol–water partition coefficient (Wildman–Crippen LogP) is 7.53. The van der Waals surface area contributed by atoms with E-state index in [1.54, 1.807) is 50.2 Å². The molecule has 49 heavy (non-hydrogen) atoms. The molecule has 0 aliphatic rings. The Balaban J connectivity index is 1.25. The second-order valence-corrected chi connectivity index (χ2v) is 13.8. The van der Waals surface area contributed by atoms with E-state index in [1.165, 1.54) is 12.1 Å². The number of carbonyl (C=O) groups is 1. The molecule has 2 heterocycles. The number of imidazole rings is 1. The maximum absolute atomic E-state index is 13.4. The van der Waals surface area contributed by atoms with Crippen molar-refractivity contribution in [3.63, 3.8) is 0 Å². The first-order chi connectivity index (χ1) is 23.5. The summed E-state index contributed by atoms with van der Waals surface area (Å²) in [6, 6.07) is 24.7. The topological polar surface area (TPSA) is 119 Å². The molecule has 6 rings (SSSR count). The summed E-state index contributed by atoms with van der Waals surface area (Å²) in [6.45, 7) is 8.52. The summed E-state index contributed by atoms with van der Waals surface area (Å²) in [5.41, 5.74) is 7.67. The molecule has 0 aliphatic heterocycles. The van der Waals surface area contributed by atoms with Crippen LogP contribution in [0, 0.1) is 26.6 Å². The Hall–Kier alpha value is -5.29. The van der Waals surface area contributed by atoms with Crippen LogP contribution < -0.4 is 10.0 Å². The molecular weight excluding hydrogens is 642 g/mol. The Labute approximate surface area is 285 Å². The first kappa shape index (κ1) is 33.6. The molecule has 2 aromatic heterocycles. The van der Waals surface area contributed by atoms with Gasteiger partial charge in [0.2, 0.25) is 5.88 Å². The standard InChI is InChI=1S/C38H38FN5O4S/c1-5-8-35-41-36-24(2)21-30(37(45)40-20-19-27-13-17-31(39)18-14-27)22-33(36)44(35)23-28-11-15-29(16-12-28)32-9-6-7-10-34(32)49(46,47)43-38-25(3)26(4)42-48-38/h6-7,9-18,21-22,43H,5,8,19-20,23H2,1-4H3,(H,40,45). The van der Waals surface area contributed by atoms with Crippen LogP contribution in [-0.4, -0.2) is 35.6 Å². The Kier molecular flexibility index (Phi) is 9.64. The van der Waals surface area contributed by atoms with Gasteiger partial charge in [-0.25, -0.2) is 22.5 Å². The highest BCUT2D eigenvalue weighted by Gasteiger charge is 2.23. The Morgan fingerprint density at radius 1 is 0.918 bits per heavy atom. The van der Waals surface area contributed by atoms with Crippen molar-refractivity contribution in [1.29, 1.82) is 0 Å². The summed E-state index contributed by atoms with van der Waals surface area (Å²) in [7, 11) is -3.97. The van der Waals surface area contributed by atoms with Crippen molar-refractivity contribution in [2.24, 2.45) is 0 Å². The number of benzene rings is 4. The van der Waals surface area contributed by atoms with Gasteiger partial charge in [-0.2, -0.15) is 0 Å². The number of nitrogens with zero attached hydrogens (tertiary/aromatic N) is 3. The number of aryl methyl sites for hydroxylation is 3. The molecule has 0 fully saturated rings. The van der Waals surface area contributed by atoms with Gasteiger partial charge in [0.25, 0.3) is 15.9 Å². The first-order valence-electron chi connectivity index (χ1n) is 16.2. The van der Waals surface area contributed by atoms with Crippen LogP contribution in [0.4, 0.5) is 10.3 Å². The normalized spacial score (nSPS) is 11.6. The molecule has 2 N–H and O–H groups in total. The van der Waals surface area contributed by atoms with Gasteiger partial charge in [-0.1, -0.05) is 66.7 Å². The van der Waals surface area contributed by atoms with Gasteiger partial charge >= 0.3 is 0 Å². The van der Waals surface area contributed by atoms with E-state index in [0.717, 1.165) is 52.0 Å². The molecule has 0 spiro atoms. The largest absolute Gasteiger partial charge is 0.352 e. The monoisotopic (exact) mass is 679 g/mol. The summed E-state index contributed by atoms with van der Waals surface area (Å²) >= 11 is 0. The molecule has 1 amide bonds. The van der Waals surface area contributed by atoms with E-state index in [-0.39, 0.29) is 22.5 Å². The number of carbonyl (C=O) groups excluding carboxylic acids is 1. The summed E-state index contributed by atoms with van der Waals surface area (Å²) in [5, 5.41) is 6.85. The van der Waals surface area contributed by atoms with Gasteiger partial charge in [0.05, 0.1) is 21.6 Å². The minimum Gasteiger partial charge on any atom is -0.352 e. The van der Waals surface area contributed by atoms with Crippen LogP contribution in [0.3, 0.4) is 0 Å². The molecule has 0 bridgehead atoms. The number of fused-ring (bicyclic) bond motifs is 1. The zero-order chi connectivity index (χ0) is 34.7. The van der Waals surface area contributed by atoms with E-state index >= 15 is 0 Å². The number of anilines is 1. The molecule has 9 nitrogen and oxygen atoms in total. The van der Waals surface area contributed by atoms with Crippen molar-refractivity contribution >= 4 is 32.8 Å². The zero-order valence-corrected chi connectivity index (χ0v) is 28.7. The van der Waals surface area contributed by atoms with Gasteiger partial charge < -0.3 is 14.4 Å². The lowest BCUT2D eigenvalue weighted by Crippen LogP contribution is -2.25. The lowest BCUT2D eigenvalue weighted by Gasteiger charge is -2.13. The minimum absolute atomic E-state index is 0.0963. The van der Waals surface area contributed by atoms with Gasteiger partial charge in [0.1, 0.15) is 11.6 Å². The van der Waals surface area contributed by atoms with E-state index in [4.69, 9.17) is 9.51 Å². The predicted molar refractivity (Wildman–Crippen MR) is 189 cm³/mol. The number of hydrogen-bond acceptors (Lipinski definition) is 6. The van der Waals surface area contributed by atoms with Crippen LogP contribution in [0.1, 0.15) is 57.5 Å². The number of rotatable bonds is 12. The highest BCUT2D eigenvalue weighted by atomic mass is 32.2. The van der Waals surface area contributed by atoms with Crippen molar-refractivity contribution in [3.8, 4) is 11.1 Å². The second kappa shape index (κ2) is 14.1. The highest BCUT2D eigenvalue weighted by molar-refractivity contribution is 7.92. The third kappa shape index (κ3) is 7.26. The van der Waals surface area contributed by atoms with Crippen LogP contribution >= 0.6 is 0 Å². The minimum atomic E-state index is -3.97. The average molecular weight is 680 g/mol. The van der Waals surface area contributed by atoms with Crippen molar-refractivity contribution < 1.29 is 22.1 Å². The fraction of sp³-hybridized carbons (Fsp3) is 0.237. The molecule has 0 atom stereocenters. The van der Waals surface area contributed by atoms with Crippen LogP contribution in [0.2, 0.25) is 0 Å². The van der Waals surface area contributed by atoms with E-state index in [2.05, 4.69) is 26.7 Å². The Morgan fingerprint density at radius 3 is 2.33 bits per heavy atom. The van der Waals surface area contributed by atoms with E-state index in [0.29, 0.717) is 41.9 Å². The molecule has 11 heteroatoms. The van der Waals surface area contributed by atoms with Gasteiger partial charge in [-0.3, -0.25) is 4.79 Å². The average Bonchev–Trinajstić information content (AvgIpc) is 3.60. The Morgan fingerprint density at radius 2 is 1.63 bits per heavy atom. The van der Waals surface area contributed by atoms with Gasteiger partial charge in [0.15, 0.2) is 0 Å². The lowest BCUT2D eigenvalue weighted by molar-refractivity contribution is 0.0954. The summed E-state index contributed by atoms with van der Waals surface area (Å²) in [4.78, 5) is 18.3. The first-order valence-corrected chi connectivity index (χ1v) is 17.7. The van der Waals surface area contributed by atoms with Crippen molar-refractivity contribution in [2.45, 2.75) is 58.4 Å².